The lowest BCUT2D eigenvalue weighted by Gasteiger charge is -2.11. The highest BCUT2D eigenvalue weighted by Gasteiger charge is 2.11. The fourth-order valence-electron chi connectivity index (χ4n) is 2.80. The van der Waals surface area contributed by atoms with E-state index in [1.165, 1.54) is 0 Å². The summed E-state index contributed by atoms with van der Waals surface area (Å²) in [6.45, 7) is 2.47. The Kier molecular flexibility index (Phi) is 4.64. The zero-order valence-electron chi connectivity index (χ0n) is 14.9. The zero-order chi connectivity index (χ0) is 18.8. The van der Waals surface area contributed by atoms with Crippen LogP contribution >= 0.6 is 11.8 Å². The van der Waals surface area contributed by atoms with E-state index >= 15 is 0 Å². The first-order chi connectivity index (χ1) is 13.1. The van der Waals surface area contributed by atoms with Crippen LogP contribution in [0.25, 0.3) is 22.3 Å². The van der Waals surface area contributed by atoms with Gasteiger partial charge in [0.25, 0.3) is 0 Å². The van der Waals surface area contributed by atoms with Crippen LogP contribution in [0.1, 0.15) is 11.1 Å². The van der Waals surface area contributed by atoms with Crippen LogP contribution in [0.5, 0.6) is 5.75 Å². The maximum absolute atomic E-state index is 5.94. The molecule has 0 radical (unpaired) electrons. The van der Waals surface area contributed by atoms with E-state index in [9.17, 15) is 0 Å². The van der Waals surface area contributed by atoms with E-state index in [-0.39, 0.29) is 0 Å². The van der Waals surface area contributed by atoms with Gasteiger partial charge in [-0.05, 0) is 35.9 Å². The van der Waals surface area contributed by atoms with Crippen molar-refractivity contribution in [3.05, 3.63) is 53.7 Å². The molecule has 0 atom stereocenters. The van der Waals surface area contributed by atoms with Crippen molar-refractivity contribution < 1.29 is 4.74 Å². The predicted molar refractivity (Wildman–Crippen MR) is 107 cm³/mol. The molecule has 0 saturated heterocycles. The molecule has 8 heteroatoms. The van der Waals surface area contributed by atoms with Crippen molar-refractivity contribution in [1.29, 1.82) is 0 Å². The highest BCUT2D eigenvalue weighted by Crippen LogP contribution is 2.26. The maximum Gasteiger partial charge on any atom is 0.207 e. The third kappa shape index (κ3) is 3.56. The van der Waals surface area contributed by atoms with Gasteiger partial charge >= 0.3 is 0 Å². The van der Waals surface area contributed by atoms with Gasteiger partial charge in [-0.1, -0.05) is 24.3 Å². The second-order valence-electron chi connectivity index (χ2n) is 6.06. The van der Waals surface area contributed by atoms with E-state index in [1.807, 2.05) is 18.5 Å². The summed E-state index contributed by atoms with van der Waals surface area (Å²) in [5, 5.41) is 11.6. The van der Waals surface area contributed by atoms with E-state index in [0.717, 1.165) is 27.3 Å². The largest absolute Gasteiger partial charge is 0.486 e. The molecular weight excluding hydrogens is 360 g/mol. The van der Waals surface area contributed by atoms with Gasteiger partial charge in [0.1, 0.15) is 12.4 Å². The highest BCUT2D eigenvalue weighted by molar-refractivity contribution is 7.98. The molecule has 0 fully saturated rings. The average Bonchev–Trinajstić information content (AvgIpc) is 3.15. The number of benzene rings is 1. The minimum absolute atomic E-state index is 0.347. The van der Waals surface area contributed by atoms with Gasteiger partial charge < -0.3 is 10.5 Å². The third-order valence-electron chi connectivity index (χ3n) is 4.28. The van der Waals surface area contributed by atoms with Gasteiger partial charge in [0.15, 0.2) is 11.3 Å². The van der Waals surface area contributed by atoms with Crippen LogP contribution in [0.3, 0.4) is 0 Å². The molecule has 0 bridgehead atoms. The summed E-state index contributed by atoms with van der Waals surface area (Å²) in [6, 6.07) is 12.1. The zero-order valence-corrected chi connectivity index (χ0v) is 15.7. The highest BCUT2D eigenvalue weighted by atomic mass is 32.2. The monoisotopic (exact) mass is 378 g/mol. The Labute approximate surface area is 160 Å². The van der Waals surface area contributed by atoms with Crippen molar-refractivity contribution >= 4 is 28.7 Å². The number of H-pyrrole nitrogens is 1. The number of fused-ring (bicyclic) bond motifs is 1. The molecule has 0 aliphatic rings. The third-order valence-corrected chi connectivity index (χ3v) is 4.94. The lowest BCUT2D eigenvalue weighted by molar-refractivity contribution is 0.308. The molecule has 4 rings (SSSR count). The number of hydrogen-bond acceptors (Lipinski definition) is 7. The number of aromatic nitrogens is 5. The minimum atomic E-state index is 0.347. The summed E-state index contributed by atoms with van der Waals surface area (Å²) < 4.78 is 5.94. The van der Waals surface area contributed by atoms with Gasteiger partial charge in [-0.3, -0.25) is 0 Å². The number of nitrogens with zero attached hydrogens (tertiary/aromatic N) is 4. The van der Waals surface area contributed by atoms with Crippen molar-refractivity contribution in [2.75, 3.05) is 12.0 Å². The van der Waals surface area contributed by atoms with E-state index in [0.29, 0.717) is 29.3 Å². The van der Waals surface area contributed by atoms with Gasteiger partial charge in [-0.25, -0.2) is 9.97 Å². The molecule has 0 aliphatic heterocycles. The number of hydrogen-bond donors (Lipinski definition) is 2. The normalized spacial score (nSPS) is 11.0. The lowest BCUT2D eigenvalue weighted by Crippen LogP contribution is -2.00. The second kappa shape index (κ2) is 7.24. The van der Waals surface area contributed by atoms with Crippen molar-refractivity contribution in [3.8, 4) is 16.9 Å². The van der Waals surface area contributed by atoms with Crippen molar-refractivity contribution in [2.45, 2.75) is 18.6 Å². The topological polar surface area (TPSA) is 103 Å². The lowest BCUT2D eigenvalue weighted by atomic mass is 10.0. The molecule has 3 heterocycles. The van der Waals surface area contributed by atoms with Crippen LogP contribution in [0.2, 0.25) is 0 Å². The molecule has 0 spiro atoms. The Bertz CT molecular complexity index is 1090. The number of nitrogens with one attached hydrogen (secondary N) is 1. The number of anilines is 1. The molecule has 0 amide bonds. The van der Waals surface area contributed by atoms with Crippen molar-refractivity contribution in [1.82, 2.24) is 25.4 Å². The molecule has 7 nitrogen and oxygen atoms in total. The summed E-state index contributed by atoms with van der Waals surface area (Å²) in [7, 11) is 0. The van der Waals surface area contributed by atoms with Crippen LogP contribution in [-0.2, 0) is 6.61 Å². The van der Waals surface area contributed by atoms with E-state index < -0.39 is 0 Å². The van der Waals surface area contributed by atoms with Crippen LogP contribution < -0.4 is 10.5 Å². The number of nitrogen functional groups attached to an aromatic ring is 1. The van der Waals surface area contributed by atoms with Crippen LogP contribution in [-0.4, -0.2) is 31.6 Å². The first-order valence-corrected chi connectivity index (χ1v) is 9.56. The molecule has 3 aromatic heterocycles. The number of aryl methyl sites for hydroxylation is 1. The summed E-state index contributed by atoms with van der Waals surface area (Å²) in [5.74, 6) is 0.909. The quantitative estimate of drug-likeness (QED) is 0.511. The number of aromatic amines is 1. The van der Waals surface area contributed by atoms with Crippen LogP contribution in [0, 0.1) is 6.92 Å². The molecule has 0 aliphatic carbocycles. The van der Waals surface area contributed by atoms with Gasteiger partial charge in [0, 0.05) is 17.8 Å². The Morgan fingerprint density at radius 1 is 1.11 bits per heavy atom. The predicted octanol–water partition coefficient (Wildman–Crippen LogP) is 3.61. The maximum atomic E-state index is 5.94. The fraction of sp³-hybridized carbons (Fsp3) is 0.158. The minimum Gasteiger partial charge on any atom is -0.486 e. The number of ether oxygens (including phenoxy) is 1. The smallest absolute Gasteiger partial charge is 0.207 e. The Morgan fingerprint density at radius 2 is 1.96 bits per heavy atom. The molecule has 27 heavy (non-hydrogen) atoms. The first-order valence-electron chi connectivity index (χ1n) is 8.34. The summed E-state index contributed by atoms with van der Waals surface area (Å²) >= 11 is 1.63. The summed E-state index contributed by atoms with van der Waals surface area (Å²) in [6.07, 6.45) is 3.92. The van der Waals surface area contributed by atoms with E-state index in [4.69, 9.17) is 10.5 Å². The number of thioether (sulfide) groups is 1. The Balaban J connectivity index is 1.55. The number of rotatable bonds is 5. The number of pyridine rings is 2. The van der Waals surface area contributed by atoms with Crippen LogP contribution in [0.15, 0.2) is 47.6 Å². The molecule has 136 valence electrons. The fourth-order valence-corrected chi connectivity index (χ4v) is 3.16. The Morgan fingerprint density at radius 3 is 2.70 bits per heavy atom. The SMILES string of the molecule is CSc1ccc(-c2ccc(COc3cc(N)nc4n[nH]nc34)c(C)c2)cn1. The van der Waals surface area contributed by atoms with Gasteiger partial charge in [-0.2, -0.15) is 10.3 Å². The average molecular weight is 378 g/mol. The molecule has 3 N–H and O–H groups in total. The standard InChI is InChI=1S/C19H18N6OS/c1-11-7-12(13-5-6-17(27-2)21-9-13)3-4-14(11)10-26-15-8-16(20)22-19-18(15)23-25-24-19/h3-9H,10H2,1-2H3,(H3,20,22,23,24,25). The molecule has 0 unspecified atom stereocenters. The second-order valence-corrected chi connectivity index (χ2v) is 6.89. The van der Waals surface area contributed by atoms with Gasteiger partial charge in [-0.15, -0.1) is 16.9 Å². The van der Waals surface area contributed by atoms with Crippen molar-refractivity contribution in [3.63, 3.8) is 0 Å². The molecule has 1 aromatic carbocycles. The molecular formula is C19H18N6OS. The summed E-state index contributed by atoms with van der Waals surface area (Å²) in [4.78, 5) is 8.55. The number of nitrogens with two attached hydrogens (primary N) is 1. The van der Waals surface area contributed by atoms with Gasteiger partial charge in [0.2, 0.25) is 5.65 Å². The Hall–Kier alpha value is -3.13. The van der Waals surface area contributed by atoms with Crippen molar-refractivity contribution in [2.24, 2.45) is 0 Å². The van der Waals surface area contributed by atoms with E-state index in [1.54, 1.807) is 17.8 Å². The van der Waals surface area contributed by atoms with E-state index in [2.05, 4.69) is 56.6 Å². The molecule has 4 aromatic rings. The first kappa shape index (κ1) is 17.3. The molecule has 0 saturated carbocycles. The van der Waals surface area contributed by atoms with Crippen LogP contribution in [0.4, 0.5) is 5.82 Å². The van der Waals surface area contributed by atoms with Gasteiger partial charge in [0.05, 0.1) is 5.03 Å². The summed E-state index contributed by atoms with van der Waals surface area (Å²) in [5.41, 5.74) is 11.3.